The van der Waals surface area contributed by atoms with Gasteiger partial charge in [0.05, 0.1) is 17.6 Å². The van der Waals surface area contributed by atoms with Crippen LogP contribution in [0.4, 0.5) is 10.2 Å². The van der Waals surface area contributed by atoms with Crippen LogP contribution in [0.3, 0.4) is 0 Å². The van der Waals surface area contributed by atoms with Gasteiger partial charge in [-0.05, 0) is 60.7 Å². The molecule has 1 N–H and O–H groups in total. The van der Waals surface area contributed by atoms with Gasteiger partial charge in [-0.15, -0.1) is 0 Å². The number of pyridine rings is 5. The first-order valence-electron chi connectivity index (χ1n) is 10.5. The molecule has 162 valence electrons. The van der Waals surface area contributed by atoms with E-state index >= 15 is 0 Å². The van der Waals surface area contributed by atoms with Crippen LogP contribution in [0.5, 0.6) is 0 Å². The monoisotopic (exact) mass is 436 g/mol. The molecule has 5 aromatic rings. The number of hydrogen-bond donors (Lipinski definition) is 1. The van der Waals surface area contributed by atoms with E-state index in [-0.39, 0.29) is 5.82 Å². The van der Waals surface area contributed by atoms with E-state index in [4.69, 9.17) is 0 Å². The van der Waals surface area contributed by atoms with E-state index in [1.807, 2.05) is 37.4 Å². The maximum Gasteiger partial charge on any atom is 0.142 e. The average Bonchev–Trinajstić information content (AvgIpc) is 2.82. The van der Waals surface area contributed by atoms with Crippen LogP contribution in [-0.2, 0) is 6.54 Å². The van der Waals surface area contributed by atoms with Gasteiger partial charge in [0.25, 0.3) is 0 Å². The third kappa shape index (κ3) is 4.39. The van der Waals surface area contributed by atoms with Crippen molar-refractivity contribution >= 4 is 16.6 Å². The zero-order chi connectivity index (χ0) is 22.8. The van der Waals surface area contributed by atoms with Crippen LogP contribution >= 0.6 is 0 Å². The molecule has 0 spiro atoms. The second kappa shape index (κ2) is 8.70. The molecule has 0 aliphatic heterocycles. The molecule has 0 aromatic carbocycles. The summed E-state index contributed by atoms with van der Waals surface area (Å²) in [6.07, 6.45) is 9.96. The predicted octanol–water partition coefficient (Wildman–Crippen LogP) is 5.52. The van der Waals surface area contributed by atoms with E-state index in [2.05, 4.69) is 43.2 Å². The number of rotatable bonds is 5. The smallest absolute Gasteiger partial charge is 0.142 e. The van der Waals surface area contributed by atoms with Crippen LogP contribution in [0.2, 0.25) is 0 Å². The summed E-state index contributed by atoms with van der Waals surface area (Å²) < 4.78 is 13.5. The first kappa shape index (κ1) is 20.6. The number of anilines is 1. The lowest BCUT2D eigenvalue weighted by atomic mass is 10.1. The molecular weight excluding hydrogens is 415 g/mol. The Bertz CT molecular complexity index is 1470. The quantitative estimate of drug-likeness (QED) is 0.391. The fraction of sp³-hybridized carbons (Fsp3) is 0.115. The number of halogens is 1. The Morgan fingerprint density at radius 1 is 0.818 bits per heavy atom. The largest absolute Gasteiger partial charge is 0.365 e. The second-order valence-electron chi connectivity index (χ2n) is 7.89. The van der Waals surface area contributed by atoms with Gasteiger partial charge in [0.15, 0.2) is 0 Å². The zero-order valence-electron chi connectivity index (χ0n) is 18.2. The van der Waals surface area contributed by atoms with Gasteiger partial charge in [0, 0.05) is 59.7 Å². The molecule has 0 amide bonds. The average molecular weight is 436 g/mol. The van der Waals surface area contributed by atoms with E-state index in [0.717, 1.165) is 44.7 Å². The molecule has 5 rings (SSSR count). The Morgan fingerprint density at radius 2 is 1.70 bits per heavy atom. The van der Waals surface area contributed by atoms with Crippen molar-refractivity contribution in [3.05, 3.63) is 96.2 Å². The SMILES string of the molecule is Cc1cc(-c2ncc(CNc3nccc4cc(-c5cncc(F)c5)ncc34)cc2C)ccn1. The molecule has 7 heteroatoms. The molecular formula is C26H21FN6. The minimum absolute atomic E-state index is 0.388. The first-order chi connectivity index (χ1) is 16.1. The van der Waals surface area contributed by atoms with Gasteiger partial charge in [-0.2, -0.15) is 0 Å². The van der Waals surface area contributed by atoms with E-state index in [9.17, 15) is 4.39 Å². The molecule has 6 nitrogen and oxygen atoms in total. The number of aromatic nitrogens is 5. The number of hydrogen-bond acceptors (Lipinski definition) is 6. The van der Waals surface area contributed by atoms with E-state index in [0.29, 0.717) is 17.8 Å². The summed E-state index contributed by atoms with van der Waals surface area (Å²) in [6, 6.07) is 11.4. The van der Waals surface area contributed by atoms with Gasteiger partial charge in [-0.25, -0.2) is 9.37 Å². The van der Waals surface area contributed by atoms with Crippen molar-refractivity contribution in [3.63, 3.8) is 0 Å². The topological polar surface area (TPSA) is 76.5 Å². The second-order valence-corrected chi connectivity index (χ2v) is 7.89. The molecule has 0 unspecified atom stereocenters. The predicted molar refractivity (Wildman–Crippen MR) is 127 cm³/mol. The van der Waals surface area contributed by atoms with Crippen molar-refractivity contribution in [3.8, 4) is 22.5 Å². The number of nitrogens with one attached hydrogen (secondary N) is 1. The minimum atomic E-state index is -0.388. The summed E-state index contributed by atoms with van der Waals surface area (Å²) in [4.78, 5) is 21.8. The van der Waals surface area contributed by atoms with Crippen molar-refractivity contribution in [2.24, 2.45) is 0 Å². The highest BCUT2D eigenvalue weighted by molar-refractivity contribution is 5.93. The molecule has 0 aliphatic carbocycles. The third-order valence-corrected chi connectivity index (χ3v) is 5.41. The molecule has 0 fully saturated rings. The highest BCUT2D eigenvalue weighted by Crippen LogP contribution is 2.26. The minimum Gasteiger partial charge on any atom is -0.365 e. The standard InChI is InChI=1S/C26H21FN6/c1-16-7-18(11-32-25(16)20-4-5-29-17(2)8-20)12-33-26-23-15-31-24(10-19(23)3-6-30-26)21-9-22(27)14-28-13-21/h3-11,13-15H,12H2,1-2H3,(H,30,33). The van der Waals surface area contributed by atoms with Crippen LogP contribution in [0.25, 0.3) is 33.3 Å². The maximum absolute atomic E-state index is 13.5. The molecule has 0 aliphatic rings. The fourth-order valence-electron chi connectivity index (χ4n) is 3.83. The summed E-state index contributed by atoms with van der Waals surface area (Å²) in [5.74, 6) is 0.343. The van der Waals surface area contributed by atoms with E-state index < -0.39 is 0 Å². The van der Waals surface area contributed by atoms with Crippen LogP contribution in [0, 0.1) is 19.7 Å². The molecule has 0 saturated heterocycles. The summed E-state index contributed by atoms with van der Waals surface area (Å²) in [6.45, 7) is 4.61. The molecule has 0 saturated carbocycles. The number of fused-ring (bicyclic) bond motifs is 1. The van der Waals surface area contributed by atoms with Crippen molar-refractivity contribution in [2.45, 2.75) is 20.4 Å². The Labute approximate surface area is 190 Å². The van der Waals surface area contributed by atoms with Crippen LogP contribution in [0.1, 0.15) is 16.8 Å². The summed E-state index contributed by atoms with van der Waals surface area (Å²) in [7, 11) is 0. The van der Waals surface area contributed by atoms with E-state index in [1.165, 1.54) is 12.3 Å². The Morgan fingerprint density at radius 3 is 2.52 bits per heavy atom. The van der Waals surface area contributed by atoms with Gasteiger partial charge in [0.2, 0.25) is 0 Å². The molecule has 0 atom stereocenters. The van der Waals surface area contributed by atoms with Crippen molar-refractivity contribution < 1.29 is 4.39 Å². The molecule has 0 bridgehead atoms. The fourth-order valence-corrected chi connectivity index (χ4v) is 3.83. The lowest BCUT2D eigenvalue weighted by Crippen LogP contribution is -2.04. The van der Waals surface area contributed by atoms with Crippen LogP contribution < -0.4 is 5.32 Å². The maximum atomic E-state index is 13.5. The number of nitrogens with zero attached hydrogens (tertiary/aromatic N) is 5. The Kier molecular flexibility index (Phi) is 5.44. The van der Waals surface area contributed by atoms with Crippen molar-refractivity contribution in [1.29, 1.82) is 0 Å². The summed E-state index contributed by atoms with van der Waals surface area (Å²) >= 11 is 0. The first-order valence-corrected chi connectivity index (χ1v) is 10.5. The van der Waals surface area contributed by atoms with Gasteiger partial charge in [-0.1, -0.05) is 6.07 Å². The van der Waals surface area contributed by atoms with Gasteiger partial charge >= 0.3 is 0 Å². The zero-order valence-corrected chi connectivity index (χ0v) is 18.2. The molecule has 33 heavy (non-hydrogen) atoms. The highest BCUT2D eigenvalue weighted by Gasteiger charge is 2.09. The molecule has 5 heterocycles. The van der Waals surface area contributed by atoms with Gasteiger partial charge < -0.3 is 5.32 Å². The highest BCUT2D eigenvalue weighted by atomic mass is 19.1. The van der Waals surface area contributed by atoms with Crippen LogP contribution in [-0.4, -0.2) is 24.9 Å². The van der Waals surface area contributed by atoms with Crippen molar-refractivity contribution in [2.75, 3.05) is 5.32 Å². The Hall–Kier alpha value is -4.26. The van der Waals surface area contributed by atoms with Gasteiger partial charge in [0.1, 0.15) is 11.6 Å². The third-order valence-electron chi connectivity index (χ3n) is 5.41. The lowest BCUT2D eigenvalue weighted by molar-refractivity contribution is 0.622. The summed E-state index contributed by atoms with van der Waals surface area (Å²) in [5, 5.41) is 5.24. The van der Waals surface area contributed by atoms with Gasteiger partial charge in [-0.3, -0.25) is 19.9 Å². The molecule has 5 aromatic heterocycles. The van der Waals surface area contributed by atoms with Crippen molar-refractivity contribution in [1.82, 2.24) is 24.9 Å². The van der Waals surface area contributed by atoms with Crippen LogP contribution in [0.15, 0.2) is 73.6 Å². The normalized spacial score (nSPS) is 11.0. The Balaban J connectivity index is 1.38. The van der Waals surface area contributed by atoms with E-state index in [1.54, 1.807) is 24.8 Å². The summed E-state index contributed by atoms with van der Waals surface area (Å²) in [5.41, 5.74) is 6.42. The lowest BCUT2D eigenvalue weighted by Gasteiger charge is -2.11. The molecule has 0 radical (unpaired) electrons. The number of aryl methyl sites for hydroxylation is 2.